The highest BCUT2D eigenvalue weighted by Gasteiger charge is 2.42. The smallest absolute Gasteiger partial charge is 0.335 e. The van der Waals surface area contributed by atoms with Crippen LogP contribution in [0, 0.1) is 0 Å². The van der Waals surface area contributed by atoms with Gasteiger partial charge in [0.05, 0.1) is 11.0 Å². The lowest BCUT2D eigenvalue weighted by atomic mass is 9.67. The first-order chi connectivity index (χ1) is 15.5. The van der Waals surface area contributed by atoms with E-state index in [2.05, 4.69) is 0 Å². The first-order valence-corrected chi connectivity index (χ1v) is 10.7. The second-order valence-corrected chi connectivity index (χ2v) is 9.00. The molecular formula is C27H28N2O4. The molecule has 4 rings (SSSR count). The molecule has 0 bridgehead atoms. The third kappa shape index (κ3) is 3.61. The Balaban J connectivity index is 2.09. The van der Waals surface area contributed by atoms with E-state index in [1.807, 2.05) is 81.3 Å². The molecule has 0 fully saturated rings. The lowest BCUT2D eigenvalue weighted by molar-refractivity contribution is 0.0696. The largest absolute Gasteiger partial charge is 0.478 e. The molecule has 1 aliphatic heterocycles. The van der Waals surface area contributed by atoms with Crippen LogP contribution < -0.4 is 14.5 Å². The predicted octanol–water partition coefficient (Wildman–Crippen LogP) is 5.18. The Morgan fingerprint density at radius 3 is 1.73 bits per heavy atom. The van der Waals surface area contributed by atoms with Gasteiger partial charge in [-0.1, -0.05) is 18.2 Å². The van der Waals surface area contributed by atoms with Crippen molar-refractivity contribution in [1.82, 2.24) is 0 Å². The Labute approximate surface area is 194 Å². The average molecular weight is 445 g/mol. The maximum atomic E-state index is 12.7. The molecule has 0 atom stereocenters. The van der Waals surface area contributed by atoms with Gasteiger partial charge in [0.2, 0.25) is 0 Å². The van der Waals surface area contributed by atoms with Gasteiger partial charge in [-0.2, -0.15) is 0 Å². The number of Topliss-reactive ketones (excluding diaryl/α,β-unsaturated/α-hetero) is 1. The number of hydrogen-bond donors (Lipinski definition) is 1. The Hall–Kier alpha value is -3.80. The molecule has 6 nitrogen and oxygen atoms in total. The van der Waals surface area contributed by atoms with Gasteiger partial charge in [-0.05, 0) is 43.7 Å². The predicted molar refractivity (Wildman–Crippen MR) is 131 cm³/mol. The van der Waals surface area contributed by atoms with Crippen molar-refractivity contribution in [3.63, 3.8) is 0 Å². The molecule has 0 aromatic heterocycles. The summed E-state index contributed by atoms with van der Waals surface area (Å²) >= 11 is 0. The van der Waals surface area contributed by atoms with E-state index in [1.54, 1.807) is 12.1 Å². The van der Waals surface area contributed by atoms with Crippen LogP contribution in [0.15, 0.2) is 54.6 Å². The first kappa shape index (κ1) is 22.4. The molecule has 0 radical (unpaired) electrons. The summed E-state index contributed by atoms with van der Waals surface area (Å²) in [6, 6.07) is 16.7. The van der Waals surface area contributed by atoms with Crippen molar-refractivity contribution < 1.29 is 19.4 Å². The number of anilines is 2. The van der Waals surface area contributed by atoms with E-state index in [9.17, 15) is 14.7 Å². The topological polar surface area (TPSA) is 70.1 Å². The van der Waals surface area contributed by atoms with Gasteiger partial charge in [0.1, 0.15) is 11.5 Å². The lowest BCUT2D eigenvalue weighted by Crippen LogP contribution is -2.32. The highest BCUT2D eigenvalue weighted by molar-refractivity contribution is 5.98. The molecule has 0 aliphatic carbocycles. The number of rotatable bonds is 5. The summed E-state index contributed by atoms with van der Waals surface area (Å²) in [6.45, 7) is 3.54. The second-order valence-electron chi connectivity index (χ2n) is 9.00. The fraction of sp³-hybridized carbons (Fsp3) is 0.259. The monoisotopic (exact) mass is 444 g/mol. The van der Waals surface area contributed by atoms with E-state index < -0.39 is 11.4 Å². The van der Waals surface area contributed by atoms with Crippen LogP contribution in [0.4, 0.5) is 11.4 Å². The Bertz CT molecular complexity index is 1220. The van der Waals surface area contributed by atoms with Crippen molar-refractivity contribution >= 4 is 23.1 Å². The third-order valence-corrected chi connectivity index (χ3v) is 6.44. The van der Waals surface area contributed by atoms with E-state index in [0.717, 1.165) is 22.5 Å². The van der Waals surface area contributed by atoms with Gasteiger partial charge in [0, 0.05) is 68.4 Å². The zero-order valence-electron chi connectivity index (χ0n) is 19.8. The number of ketones is 1. The SMILES string of the molecule is CC(=O)c1ccc(C(=O)O)cc1C1(C)c2ccc(N(C)C)cc2Oc2cc(N(C)C)ccc21. The van der Waals surface area contributed by atoms with E-state index in [-0.39, 0.29) is 11.3 Å². The van der Waals surface area contributed by atoms with Crippen LogP contribution in [0.3, 0.4) is 0 Å². The molecule has 33 heavy (non-hydrogen) atoms. The third-order valence-electron chi connectivity index (χ3n) is 6.44. The molecule has 6 heteroatoms. The molecule has 3 aromatic rings. The van der Waals surface area contributed by atoms with Crippen LogP contribution in [0.2, 0.25) is 0 Å². The van der Waals surface area contributed by atoms with E-state index >= 15 is 0 Å². The summed E-state index contributed by atoms with van der Waals surface area (Å²) in [4.78, 5) is 28.5. The van der Waals surface area contributed by atoms with Gasteiger partial charge in [0.25, 0.3) is 0 Å². The van der Waals surface area contributed by atoms with E-state index in [1.165, 1.54) is 13.0 Å². The molecule has 0 spiro atoms. The maximum Gasteiger partial charge on any atom is 0.335 e. The number of fused-ring (bicyclic) bond motifs is 2. The fourth-order valence-electron chi connectivity index (χ4n) is 4.53. The van der Waals surface area contributed by atoms with Crippen molar-refractivity contribution in [3.05, 3.63) is 82.4 Å². The number of benzene rings is 3. The number of carboxylic acid groups (broad SMARTS) is 1. The first-order valence-electron chi connectivity index (χ1n) is 10.7. The van der Waals surface area contributed by atoms with Gasteiger partial charge in [-0.25, -0.2) is 4.79 Å². The summed E-state index contributed by atoms with van der Waals surface area (Å²) in [7, 11) is 7.86. The van der Waals surface area contributed by atoms with Crippen LogP contribution in [-0.2, 0) is 5.41 Å². The summed E-state index contributed by atoms with van der Waals surface area (Å²) in [5.41, 5.74) is 4.20. The Morgan fingerprint density at radius 1 is 0.788 bits per heavy atom. The van der Waals surface area contributed by atoms with E-state index in [4.69, 9.17) is 4.74 Å². The zero-order valence-corrected chi connectivity index (χ0v) is 19.8. The van der Waals surface area contributed by atoms with Gasteiger partial charge in [-0.3, -0.25) is 4.79 Å². The summed E-state index contributed by atoms with van der Waals surface area (Å²) in [5.74, 6) is 0.214. The Kier molecular flexibility index (Phi) is 5.40. The van der Waals surface area contributed by atoms with Crippen molar-refractivity contribution in [1.29, 1.82) is 0 Å². The second kappa shape index (κ2) is 7.96. The minimum absolute atomic E-state index is 0.118. The molecule has 170 valence electrons. The molecule has 0 amide bonds. The van der Waals surface area contributed by atoms with Crippen LogP contribution in [0.25, 0.3) is 0 Å². The molecule has 1 aliphatic rings. The van der Waals surface area contributed by atoms with Crippen molar-refractivity contribution in [2.75, 3.05) is 38.0 Å². The number of carbonyl (C=O) groups is 2. The lowest BCUT2D eigenvalue weighted by Gasteiger charge is -2.39. The number of nitrogens with zero attached hydrogens (tertiary/aromatic N) is 2. The summed E-state index contributed by atoms with van der Waals surface area (Å²) in [5, 5.41) is 9.69. The quantitative estimate of drug-likeness (QED) is 0.547. The van der Waals surface area contributed by atoms with Crippen LogP contribution in [-0.4, -0.2) is 45.0 Å². The van der Waals surface area contributed by atoms with Crippen molar-refractivity contribution in [2.45, 2.75) is 19.3 Å². The molecule has 1 N–H and O–H groups in total. The van der Waals surface area contributed by atoms with Crippen molar-refractivity contribution in [3.8, 4) is 11.5 Å². The summed E-state index contributed by atoms with van der Waals surface area (Å²) in [6.07, 6.45) is 0. The molecule has 1 heterocycles. The van der Waals surface area contributed by atoms with Gasteiger partial charge >= 0.3 is 5.97 Å². The minimum Gasteiger partial charge on any atom is -0.478 e. The normalized spacial score (nSPS) is 13.4. The highest BCUT2D eigenvalue weighted by Crippen LogP contribution is 2.53. The number of carbonyl (C=O) groups excluding carboxylic acids is 1. The van der Waals surface area contributed by atoms with Gasteiger partial charge in [0.15, 0.2) is 5.78 Å². The molecule has 3 aromatic carbocycles. The van der Waals surface area contributed by atoms with Crippen LogP contribution in [0.1, 0.15) is 51.3 Å². The van der Waals surface area contributed by atoms with Gasteiger partial charge in [-0.15, -0.1) is 0 Å². The van der Waals surface area contributed by atoms with E-state index in [0.29, 0.717) is 22.6 Å². The molecular weight excluding hydrogens is 416 g/mol. The average Bonchev–Trinajstić information content (AvgIpc) is 2.77. The number of hydrogen-bond acceptors (Lipinski definition) is 5. The van der Waals surface area contributed by atoms with Gasteiger partial charge < -0.3 is 19.6 Å². The van der Waals surface area contributed by atoms with Crippen LogP contribution in [0.5, 0.6) is 11.5 Å². The standard InChI is InChI=1S/C27H28N2O4/c1-16(30)20-10-7-17(26(31)32)13-23(20)27(2)21-11-8-18(28(3)4)14-24(21)33-25-15-19(29(5)6)9-12-22(25)27/h7-15H,1-6H3,(H,31,32). The maximum absolute atomic E-state index is 12.7. The number of aromatic carboxylic acids is 1. The van der Waals surface area contributed by atoms with Crippen LogP contribution >= 0.6 is 0 Å². The molecule has 0 saturated heterocycles. The Morgan fingerprint density at radius 2 is 1.30 bits per heavy atom. The highest BCUT2D eigenvalue weighted by atomic mass is 16.5. The molecule has 0 unspecified atom stereocenters. The minimum atomic E-state index is -1.03. The summed E-state index contributed by atoms with van der Waals surface area (Å²) < 4.78 is 6.40. The number of ether oxygens (including phenoxy) is 1. The fourth-order valence-corrected chi connectivity index (χ4v) is 4.53. The van der Waals surface area contributed by atoms with Crippen molar-refractivity contribution in [2.24, 2.45) is 0 Å². The molecule has 0 saturated carbocycles. The number of carboxylic acids is 1. The zero-order chi connectivity index (χ0) is 24.1.